The molecule has 0 unspecified atom stereocenters. The van der Waals surface area contributed by atoms with Gasteiger partial charge in [-0.3, -0.25) is 0 Å². The predicted octanol–water partition coefficient (Wildman–Crippen LogP) is 1.45. The van der Waals surface area contributed by atoms with Crippen LogP contribution < -0.4 is 0 Å². The van der Waals surface area contributed by atoms with Crippen molar-refractivity contribution in [3.8, 4) is 0 Å². The molecular weight excluding hydrogens is 288 g/mol. The van der Waals surface area contributed by atoms with Gasteiger partial charge in [-0.1, -0.05) is 18.2 Å². The molecule has 1 aromatic rings. The monoisotopic (exact) mass is 309 g/mol. The maximum absolute atomic E-state index is 11.9. The van der Waals surface area contributed by atoms with Gasteiger partial charge < -0.3 is 23.7 Å². The fourth-order valence-electron chi connectivity index (χ4n) is 2.33. The number of hydrogen-bond donors (Lipinski definition) is 0. The number of rotatable bonds is 6. The van der Waals surface area contributed by atoms with Gasteiger partial charge in [0.25, 0.3) is 0 Å². The summed E-state index contributed by atoms with van der Waals surface area (Å²) in [6.45, 7) is 0.0872. The zero-order valence-electron chi connectivity index (χ0n) is 12.9. The fourth-order valence-corrected chi connectivity index (χ4v) is 2.33. The number of carbonyl (C=O) groups is 1. The van der Waals surface area contributed by atoms with Gasteiger partial charge in [0.15, 0.2) is 6.29 Å². The molecule has 2 rings (SSSR count). The summed E-state index contributed by atoms with van der Waals surface area (Å²) in [5, 5.41) is 0. The van der Waals surface area contributed by atoms with E-state index in [1.807, 2.05) is 12.5 Å². The second-order valence-electron chi connectivity index (χ2n) is 4.84. The van der Waals surface area contributed by atoms with E-state index in [4.69, 9.17) is 23.7 Å². The van der Waals surface area contributed by atoms with E-state index in [1.165, 1.54) is 7.11 Å². The summed E-state index contributed by atoms with van der Waals surface area (Å²) >= 11 is 0. The summed E-state index contributed by atoms with van der Waals surface area (Å²) < 4.78 is 26.9. The normalized spacial score (nSPS) is 28.3. The van der Waals surface area contributed by atoms with Gasteiger partial charge in [-0.2, -0.15) is 0 Å². The van der Waals surface area contributed by atoms with Gasteiger partial charge in [0.05, 0.1) is 11.7 Å². The van der Waals surface area contributed by atoms with E-state index in [-0.39, 0.29) is 18.8 Å². The van der Waals surface area contributed by atoms with E-state index >= 15 is 0 Å². The molecule has 6 heteroatoms. The lowest BCUT2D eigenvalue weighted by Crippen LogP contribution is -2.52. The van der Waals surface area contributed by atoms with E-state index < -0.39 is 18.4 Å². The van der Waals surface area contributed by atoms with Crippen LogP contribution in [0.1, 0.15) is 10.4 Å². The average Bonchev–Trinajstić information content (AvgIpc) is 2.59. The Balaban J connectivity index is 1.91. The lowest BCUT2D eigenvalue weighted by atomic mass is 10.0. The standard InChI is InChI=1S/C16H21O6/c1-18-13-9-12(22-16(20-3)14(13)19-2)10-21-15(17)11-7-5-4-6-8-11/h4-9,12-14,16H,10H2,1-3H3/t12-,13-,14+,16-/m0/s1. The van der Waals surface area contributed by atoms with Gasteiger partial charge in [0.2, 0.25) is 0 Å². The Bertz CT molecular complexity index is 449. The molecule has 1 radical (unpaired) electrons. The first-order chi connectivity index (χ1) is 10.7. The highest BCUT2D eigenvalue weighted by molar-refractivity contribution is 5.89. The van der Waals surface area contributed by atoms with Crippen molar-refractivity contribution in [2.24, 2.45) is 0 Å². The molecule has 1 heterocycles. The number of methoxy groups -OCH3 is 3. The van der Waals surface area contributed by atoms with Crippen molar-refractivity contribution < 1.29 is 28.5 Å². The van der Waals surface area contributed by atoms with Crippen LogP contribution >= 0.6 is 0 Å². The molecule has 0 bridgehead atoms. The molecule has 121 valence electrons. The van der Waals surface area contributed by atoms with Crippen LogP contribution in [0, 0.1) is 6.42 Å². The predicted molar refractivity (Wildman–Crippen MR) is 78.3 cm³/mol. The van der Waals surface area contributed by atoms with Crippen LogP contribution in [0.5, 0.6) is 0 Å². The molecule has 0 spiro atoms. The van der Waals surface area contributed by atoms with Crippen LogP contribution in [0.4, 0.5) is 0 Å². The summed E-state index contributed by atoms with van der Waals surface area (Å²) in [7, 11) is 4.68. The minimum absolute atomic E-state index is 0.0872. The molecule has 1 saturated heterocycles. The molecule has 1 aromatic carbocycles. The number of benzene rings is 1. The Morgan fingerprint density at radius 3 is 2.41 bits per heavy atom. The molecule has 0 amide bonds. The van der Waals surface area contributed by atoms with Crippen LogP contribution in [0.2, 0.25) is 0 Å². The number of esters is 1. The maximum Gasteiger partial charge on any atom is 0.338 e. The first kappa shape index (κ1) is 16.9. The van der Waals surface area contributed by atoms with Crippen molar-refractivity contribution in [1.82, 2.24) is 0 Å². The first-order valence-corrected chi connectivity index (χ1v) is 7.00. The molecule has 1 aliphatic rings. The van der Waals surface area contributed by atoms with Gasteiger partial charge in [-0.15, -0.1) is 0 Å². The van der Waals surface area contributed by atoms with E-state index in [0.717, 1.165) is 0 Å². The largest absolute Gasteiger partial charge is 0.459 e. The van der Waals surface area contributed by atoms with E-state index in [1.54, 1.807) is 38.5 Å². The summed E-state index contributed by atoms with van der Waals surface area (Å²) in [4.78, 5) is 11.9. The Morgan fingerprint density at radius 2 is 1.82 bits per heavy atom. The molecule has 4 atom stereocenters. The molecule has 0 N–H and O–H groups in total. The van der Waals surface area contributed by atoms with Gasteiger partial charge in [-0.25, -0.2) is 4.79 Å². The van der Waals surface area contributed by atoms with E-state index in [0.29, 0.717) is 5.56 Å². The van der Waals surface area contributed by atoms with Crippen molar-refractivity contribution >= 4 is 5.97 Å². The molecule has 6 nitrogen and oxygen atoms in total. The SMILES string of the molecule is CO[C@H]1O[C@H](COC(=O)c2ccccc2)[CH][C@H](OC)[C@H]1OC. The minimum atomic E-state index is -0.583. The topological polar surface area (TPSA) is 63.2 Å². The molecule has 22 heavy (non-hydrogen) atoms. The van der Waals surface area contributed by atoms with E-state index in [9.17, 15) is 4.79 Å². The van der Waals surface area contributed by atoms with Crippen molar-refractivity contribution in [2.45, 2.75) is 24.6 Å². The molecule has 1 fully saturated rings. The Kier molecular flexibility index (Phi) is 6.33. The summed E-state index contributed by atoms with van der Waals surface area (Å²) in [6.07, 6.45) is 0.136. The van der Waals surface area contributed by atoms with Crippen LogP contribution in [-0.4, -0.2) is 58.5 Å². The number of hydrogen-bond acceptors (Lipinski definition) is 6. The molecular formula is C16H21O6. The molecule has 1 aliphatic heterocycles. The highest BCUT2D eigenvalue weighted by Gasteiger charge is 2.40. The minimum Gasteiger partial charge on any atom is -0.459 e. The Labute approximate surface area is 130 Å². The first-order valence-electron chi connectivity index (χ1n) is 7.00. The second-order valence-corrected chi connectivity index (χ2v) is 4.84. The van der Waals surface area contributed by atoms with Gasteiger partial charge in [0.1, 0.15) is 18.8 Å². The zero-order chi connectivity index (χ0) is 15.9. The highest BCUT2D eigenvalue weighted by Crippen LogP contribution is 2.24. The van der Waals surface area contributed by atoms with Crippen LogP contribution in [0.25, 0.3) is 0 Å². The second kappa shape index (κ2) is 8.24. The van der Waals surface area contributed by atoms with Crippen molar-refractivity contribution in [1.29, 1.82) is 0 Å². The molecule has 0 aliphatic carbocycles. The summed E-state index contributed by atoms with van der Waals surface area (Å²) in [5.74, 6) is -0.394. The van der Waals surface area contributed by atoms with Crippen molar-refractivity contribution in [3.63, 3.8) is 0 Å². The number of carbonyl (C=O) groups excluding carboxylic acids is 1. The third-order valence-corrected chi connectivity index (χ3v) is 3.47. The number of ether oxygens (including phenoxy) is 5. The van der Waals surface area contributed by atoms with Gasteiger partial charge >= 0.3 is 5.97 Å². The molecule has 0 saturated carbocycles. The van der Waals surface area contributed by atoms with E-state index in [2.05, 4.69) is 0 Å². The molecule has 0 aromatic heterocycles. The van der Waals surface area contributed by atoms with Crippen molar-refractivity contribution in [3.05, 3.63) is 42.3 Å². The zero-order valence-corrected chi connectivity index (χ0v) is 12.9. The fraction of sp³-hybridized carbons (Fsp3) is 0.500. The van der Waals surface area contributed by atoms with Gasteiger partial charge in [-0.05, 0) is 12.1 Å². The maximum atomic E-state index is 11.9. The van der Waals surface area contributed by atoms with Gasteiger partial charge in [0, 0.05) is 27.8 Å². The Hall–Kier alpha value is -1.47. The average molecular weight is 309 g/mol. The third-order valence-electron chi connectivity index (χ3n) is 3.47. The highest BCUT2D eigenvalue weighted by atomic mass is 16.7. The van der Waals surface area contributed by atoms with Crippen LogP contribution in [-0.2, 0) is 23.7 Å². The van der Waals surface area contributed by atoms with Crippen molar-refractivity contribution in [2.75, 3.05) is 27.9 Å². The van der Waals surface area contributed by atoms with Crippen LogP contribution in [0.15, 0.2) is 30.3 Å². The quantitative estimate of drug-likeness (QED) is 0.741. The smallest absolute Gasteiger partial charge is 0.338 e. The third kappa shape index (κ3) is 4.04. The summed E-state index contributed by atoms with van der Waals surface area (Å²) in [6, 6.07) is 8.80. The summed E-state index contributed by atoms with van der Waals surface area (Å²) in [5.41, 5.74) is 0.500. The lowest BCUT2D eigenvalue weighted by Gasteiger charge is -2.39. The Morgan fingerprint density at radius 1 is 1.09 bits per heavy atom. The lowest BCUT2D eigenvalue weighted by molar-refractivity contribution is -0.253. The van der Waals surface area contributed by atoms with Crippen LogP contribution in [0.3, 0.4) is 0 Å².